The summed E-state index contributed by atoms with van der Waals surface area (Å²) < 4.78 is 1.85. The highest BCUT2D eigenvalue weighted by Gasteiger charge is 2.33. The molecule has 3 rings (SSSR count). The lowest BCUT2D eigenvalue weighted by Crippen LogP contribution is -2.27. The van der Waals surface area contributed by atoms with E-state index in [0.29, 0.717) is 19.5 Å². The summed E-state index contributed by atoms with van der Waals surface area (Å²) in [5.41, 5.74) is 0. The Labute approximate surface area is 137 Å². The Morgan fingerprint density at radius 2 is 2.27 bits per heavy atom. The Bertz CT molecular complexity index is 707. The van der Waals surface area contributed by atoms with Gasteiger partial charge in [0.15, 0.2) is 5.12 Å². The minimum absolute atomic E-state index is 0.0392. The highest BCUT2D eigenvalue weighted by atomic mass is 32.2. The first kappa shape index (κ1) is 15.3. The van der Waals surface area contributed by atoms with Crippen LogP contribution in [0.25, 0.3) is 0 Å². The van der Waals surface area contributed by atoms with E-state index in [1.807, 2.05) is 10.7 Å². The van der Waals surface area contributed by atoms with Gasteiger partial charge in [-0.2, -0.15) is 5.10 Å². The van der Waals surface area contributed by atoms with Crippen molar-refractivity contribution in [2.75, 3.05) is 11.4 Å². The van der Waals surface area contributed by atoms with E-state index in [1.165, 1.54) is 21.5 Å². The molecule has 2 aromatic heterocycles. The van der Waals surface area contributed by atoms with Gasteiger partial charge in [0.25, 0.3) is 0 Å². The number of nitrogens with zero attached hydrogens (tertiary/aromatic N) is 3. The van der Waals surface area contributed by atoms with Crippen molar-refractivity contribution in [1.29, 1.82) is 0 Å². The fourth-order valence-electron chi connectivity index (χ4n) is 2.60. The van der Waals surface area contributed by atoms with Crippen molar-refractivity contribution >= 4 is 39.9 Å². The Hall–Kier alpha value is -1.60. The van der Waals surface area contributed by atoms with Crippen LogP contribution >= 0.6 is 23.1 Å². The van der Waals surface area contributed by atoms with Gasteiger partial charge in [-0.1, -0.05) is 11.8 Å². The van der Waals surface area contributed by atoms with Gasteiger partial charge in [0.1, 0.15) is 5.82 Å². The second-order valence-corrected chi connectivity index (χ2v) is 8.15. The number of hydrogen-bond donors (Lipinski definition) is 0. The van der Waals surface area contributed by atoms with E-state index in [-0.39, 0.29) is 16.3 Å². The van der Waals surface area contributed by atoms with Gasteiger partial charge in [0, 0.05) is 41.0 Å². The van der Waals surface area contributed by atoms with Gasteiger partial charge in [-0.15, -0.1) is 11.3 Å². The molecule has 0 bridgehead atoms. The highest BCUT2D eigenvalue weighted by molar-refractivity contribution is 8.14. The molecule has 1 saturated heterocycles. The number of carbonyl (C=O) groups excluding carboxylic acids is 2. The first-order valence-electron chi connectivity index (χ1n) is 7.07. The van der Waals surface area contributed by atoms with Crippen LogP contribution in [0, 0.1) is 6.92 Å². The summed E-state index contributed by atoms with van der Waals surface area (Å²) in [7, 11) is 0. The second-order valence-electron chi connectivity index (χ2n) is 5.30. The fraction of sp³-hybridized carbons (Fsp3) is 0.400. The van der Waals surface area contributed by atoms with E-state index in [1.54, 1.807) is 29.4 Å². The SMILES string of the molecule is CC(=O)SC1CC(=O)N(c2ccnn2Cc2ccc(C)s2)C1. The average Bonchev–Trinajstić information content (AvgIpc) is 3.11. The average molecular weight is 335 g/mol. The predicted octanol–water partition coefficient (Wildman–Crippen LogP) is 2.69. The topological polar surface area (TPSA) is 55.2 Å². The molecule has 3 heterocycles. The van der Waals surface area contributed by atoms with E-state index < -0.39 is 0 Å². The van der Waals surface area contributed by atoms with Crippen molar-refractivity contribution in [2.45, 2.75) is 32.1 Å². The summed E-state index contributed by atoms with van der Waals surface area (Å²) in [6.45, 7) is 4.85. The second kappa shape index (κ2) is 6.26. The van der Waals surface area contributed by atoms with Crippen molar-refractivity contribution in [2.24, 2.45) is 0 Å². The monoisotopic (exact) mass is 335 g/mol. The highest BCUT2D eigenvalue weighted by Crippen LogP contribution is 2.29. The zero-order valence-electron chi connectivity index (χ0n) is 12.5. The number of aryl methyl sites for hydroxylation is 1. The Kier molecular flexibility index (Phi) is 4.35. The van der Waals surface area contributed by atoms with Crippen molar-refractivity contribution in [3.8, 4) is 0 Å². The lowest BCUT2D eigenvalue weighted by atomic mass is 10.4. The van der Waals surface area contributed by atoms with E-state index >= 15 is 0 Å². The van der Waals surface area contributed by atoms with Crippen LogP contribution in [0.2, 0.25) is 0 Å². The molecular weight excluding hydrogens is 318 g/mol. The lowest BCUT2D eigenvalue weighted by Gasteiger charge is -2.17. The summed E-state index contributed by atoms with van der Waals surface area (Å²) in [5.74, 6) is 0.866. The zero-order chi connectivity index (χ0) is 15.7. The van der Waals surface area contributed by atoms with E-state index in [4.69, 9.17) is 0 Å². The normalized spacial score (nSPS) is 18.2. The molecule has 1 aliphatic heterocycles. The molecule has 1 atom stereocenters. The predicted molar refractivity (Wildman–Crippen MR) is 89.4 cm³/mol. The van der Waals surface area contributed by atoms with Gasteiger partial charge in [0.05, 0.1) is 12.7 Å². The molecule has 7 heteroatoms. The number of anilines is 1. The van der Waals surface area contributed by atoms with Crippen LogP contribution in [-0.2, 0) is 16.1 Å². The van der Waals surface area contributed by atoms with Crippen molar-refractivity contribution in [1.82, 2.24) is 9.78 Å². The summed E-state index contributed by atoms with van der Waals surface area (Å²) in [4.78, 5) is 27.7. The first-order chi connectivity index (χ1) is 10.5. The molecule has 5 nitrogen and oxygen atoms in total. The van der Waals surface area contributed by atoms with Crippen LogP contribution in [0.3, 0.4) is 0 Å². The molecule has 0 aliphatic carbocycles. The maximum atomic E-state index is 12.2. The number of rotatable bonds is 4. The minimum Gasteiger partial charge on any atom is -0.296 e. The van der Waals surface area contributed by atoms with Crippen LogP contribution in [0.5, 0.6) is 0 Å². The summed E-state index contributed by atoms with van der Waals surface area (Å²) in [5, 5.41) is 4.44. The van der Waals surface area contributed by atoms with Gasteiger partial charge >= 0.3 is 0 Å². The first-order valence-corrected chi connectivity index (χ1v) is 8.77. The van der Waals surface area contributed by atoms with Gasteiger partial charge in [-0.05, 0) is 19.1 Å². The van der Waals surface area contributed by atoms with Crippen molar-refractivity contribution in [3.63, 3.8) is 0 Å². The van der Waals surface area contributed by atoms with Gasteiger partial charge in [-0.25, -0.2) is 4.68 Å². The summed E-state index contributed by atoms with van der Waals surface area (Å²) in [6, 6.07) is 6.04. The molecule has 1 aliphatic rings. The molecular formula is C15H17N3O2S2. The third-order valence-electron chi connectivity index (χ3n) is 3.49. The molecule has 0 spiro atoms. The number of thiophene rings is 1. The third kappa shape index (κ3) is 3.25. The zero-order valence-corrected chi connectivity index (χ0v) is 14.1. The number of carbonyl (C=O) groups is 2. The molecule has 0 saturated carbocycles. The maximum absolute atomic E-state index is 12.2. The molecule has 1 fully saturated rings. The molecule has 0 N–H and O–H groups in total. The van der Waals surface area contributed by atoms with E-state index in [2.05, 4.69) is 24.2 Å². The molecule has 116 valence electrons. The maximum Gasteiger partial charge on any atom is 0.229 e. The molecule has 0 aromatic carbocycles. The van der Waals surface area contributed by atoms with Crippen LogP contribution < -0.4 is 4.90 Å². The van der Waals surface area contributed by atoms with Crippen molar-refractivity contribution < 1.29 is 9.59 Å². The Morgan fingerprint density at radius 3 is 2.95 bits per heavy atom. The third-order valence-corrected chi connectivity index (χ3v) is 5.46. The van der Waals surface area contributed by atoms with E-state index in [9.17, 15) is 9.59 Å². The lowest BCUT2D eigenvalue weighted by molar-refractivity contribution is -0.117. The number of amides is 1. The van der Waals surface area contributed by atoms with Gasteiger partial charge in [0.2, 0.25) is 5.91 Å². The molecule has 1 unspecified atom stereocenters. The van der Waals surface area contributed by atoms with Crippen LogP contribution in [-0.4, -0.2) is 32.6 Å². The van der Waals surface area contributed by atoms with Crippen molar-refractivity contribution in [3.05, 3.63) is 34.2 Å². The largest absolute Gasteiger partial charge is 0.296 e. The van der Waals surface area contributed by atoms with Gasteiger partial charge < -0.3 is 0 Å². The molecule has 22 heavy (non-hydrogen) atoms. The minimum atomic E-state index is 0.0392. The summed E-state index contributed by atoms with van der Waals surface area (Å²) in [6.07, 6.45) is 2.13. The quantitative estimate of drug-likeness (QED) is 0.862. The number of aromatic nitrogens is 2. The molecule has 0 radical (unpaired) electrons. The Morgan fingerprint density at radius 1 is 1.45 bits per heavy atom. The van der Waals surface area contributed by atoms with E-state index in [0.717, 1.165) is 5.82 Å². The molecule has 1 amide bonds. The fourth-order valence-corrected chi connectivity index (χ4v) is 4.40. The Balaban J connectivity index is 1.77. The van der Waals surface area contributed by atoms with Crippen LogP contribution in [0.1, 0.15) is 23.1 Å². The van der Waals surface area contributed by atoms with Crippen LogP contribution in [0.4, 0.5) is 5.82 Å². The summed E-state index contributed by atoms with van der Waals surface area (Å²) >= 11 is 2.98. The van der Waals surface area contributed by atoms with Gasteiger partial charge in [-0.3, -0.25) is 14.5 Å². The van der Waals surface area contributed by atoms with Crippen LogP contribution in [0.15, 0.2) is 24.4 Å². The standard InChI is InChI=1S/C15H17N3O2S2/c1-10-3-4-12(21-10)9-18-14(5-6-16-18)17-8-13(7-15(17)20)22-11(2)19/h3-6,13H,7-9H2,1-2H3. The number of thioether (sulfide) groups is 1. The molecule has 2 aromatic rings. The smallest absolute Gasteiger partial charge is 0.229 e. The number of hydrogen-bond acceptors (Lipinski definition) is 5.